The molecule has 0 radical (unpaired) electrons. The van der Waals surface area contributed by atoms with Crippen LogP contribution in [-0.4, -0.2) is 22.4 Å². The molecule has 0 aliphatic carbocycles. The third-order valence-electron chi connectivity index (χ3n) is 3.84. The van der Waals surface area contributed by atoms with E-state index in [1.54, 1.807) is 6.20 Å². The largest absolute Gasteiger partial charge is 0.382 e. The molecule has 2 aromatic heterocycles. The van der Waals surface area contributed by atoms with Gasteiger partial charge in [-0.1, -0.05) is 19.9 Å². The predicted molar refractivity (Wildman–Crippen MR) is 85.0 cm³/mol. The van der Waals surface area contributed by atoms with Crippen molar-refractivity contribution in [2.45, 2.75) is 26.7 Å². The van der Waals surface area contributed by atoms with E-state index in [1.807, 2.05) is 18.3 Å². The highest BCUT2D eigenvalue weighted by Crippen LogP contribution is 2.42. The van der Waals surface area contributed by atoms with Crippen LogP contribution < -0.4 is 10.6 Å². The second-order valence-corrected chi connectivity index (χ2v) is 6.93. The fourth-order valence-electron chi connectivity index (χ4n) is 2.89. The van der Waals surface area contributed by atoms with Gasteiger partial charge in [-0.25, -0.2) is 0 Å². The number of pyridine rings is 1. The maximum atomic E-state index is 6.09. The molecule has 2 N–H and O–H groups in total. The molecule has 0 atom stereocenters. The van der Waals surface area contributed by atoms with Gasteiger partial charge in [0.25, 0.3) is 0 Å². The van der Waals surface area contributed by atoms with E-state index >= 15 is 0 Å². The quantitative estimate of drug-likeness (QED) is 0.920. The summed E-state index contributed by atoms with van der Waals surface area (Å²) in [5, 5.41) is 1.18. The van der Waals surface area contributed by atoms with Crippen molar-refractivity contribution in [2.24, 2.45) is 5.41 Å². The minimum absolute atomic E-state index is 0.350. The Kier molecular flexibility index (Phi) is 3.38. The van der Waals surface area contributed by atoms with Gasteiger partial charge in [-0.3, -0.25) is 4.98 Å². The molecule has 0 unspecified atom stereocenters. The zero-order valence-electron chi connectivity index (χ0n) is 12.0. The predicted octanol–water partition coefficient (Wildman–Crippen LogP) is 3.41. The van der Waals surface area contributed by atoms with Gasteiger partial charge < -0.3 is 10.6 Å². The molecule has 1 aliphatic rings. The van der Waals surface area contributed by atoms with Crippen molar-refractivity contribution < 1.29 is 0 Å². The van der Waals surface area contributed by atoms with Crippen LogP contribution in [0.15, 0.2) is 24.5 Å². The third-order valence-corrected chi connectivity index (χ3v) is 4.76. The molecule has 0 bridgehead atoms. The van der Waals surface area contributed by atoms with Crippen molar-refractivity contribution in [2.75, 3.05) is 23.7 Å². The Bertz CT molecular complexity index is 591. The Hall–Kier alpha value is -1.62. The Morgan fingerprint density at radius 1 is 1.40 bits per heavy atom. The van der Waals surface area contributed by atoms with Crippen LogP contribution in [0.2, 0.25) is 0 Å². The fraction of sp³-hybridized carbons (Fsp3) is 0.467. The van der Waals surface area contributed by atoms with Gasteiger partial charge in [-0.05, 0) is 35.9 Å². The molecule has 106 valence electrons. The van der Waals surface area contributed by atoms with E-state index in [2.05, 4.69) is 28.1 Å². The van der Waals surface area contributed by atoms with Crippen LogP contribution in [-0.2, 0) is 0 Å². The van der Waals surface area contributed by atoms with Gasteiger partial charge in [0.1, 0.15) is 10.8 Å². The molecule has 5 heteroatoms. The first-order valence-corrected chi connectivity index (χ1v) is 7.75. The average molecular weight is 288 g/mol. The van der Waals surface area contributed by atoms with Crippen LogP contribution in [0.4, 0.5) is 10.8 Å². The Labute approximate surface area is 123 Å². The van der Waals surface area contributed by atoms with Crippen LogP contribution in [0.3, 0.4) is 0 Å². The zero-order valence-corrected chi connectivity index (χ0v) is 12.8. The molecule has 0 amide bonds. The Balaban J connectivity index is 1.99. The number of hydrogen-bond donors (Lipinski definition) is 1. The average Bonchev–Trinajstić information content (AvgIpc) is 2.80. The number of piperidine rings is 1. The summed E-state index contributed by atoms with van der Waals surface area (Å²) in [6.45, 7) is 6.79. The maximum Gasteiger partial charge on any atom is 0.147 e. The number of nitrogen functional groups attached to an aromatic ring is 1. The molecule has 1 saturated heterocycles. The summed E-state index contributed by atoms with van der Waals surface area (Å²) in [6.07, 6.45) is 6.14. The molecule has 2 aromatic rings. The lowest BCUT2D eigenvalue weighted by molar-refractivity contribution is 0.294. The first-order valence-electron chi connectivity index (χ1n) is 6.97. The number of hydrogen-bond acceptors (Lipinski definition) is 5. The molecule has 20 heavy (non-hydrogen) atoms. The van der Waals surface area contributed by atoms with Crippen LogP contribution >= 0.6 is 11.5 Å². The normalized spacial score (nSPS) is 18.2. The summed E-state index contributed by atoms with van der Waals surface area (Å²) in [5.41, 5.74) is 8.54. The SMILES string of the molecule is CC1(C)CCCN(c2snc(N)c2-c2cccnc2)C1. The smallest absolute Gasteiger partial charge is 0.147 e. The van der Waals surface area contributed by atoms with Gasteiger partial charge in [0, 0.05) is 31.0 Å². The van der Waals surface area contributed by atoms with Crippen molar-refractivity contribution in [3.05, 3.63) is 24.5 Å². The highest BCUT2D eigenvalue weighted by Gasteiger charge is 2.29. The molecule has 0 spiro atoms. The van der Waals surface area contributed by atoms with Gasteiger partial charge in [0.2, 0.25) is 0 Å². The molecule has 0 saturated carbocycles. The summed E-state index contributed by atoms with van der Waals surface area (Å²) in [6, 6.07) is 3.99. The van der Waals surface area contributed by atoms with E-state index in [9.17, 15) is 0 Å². The monoisotopic (exact) mass is 288 g/mol. The zero-order chi connectivity index (χ0) is 14.2. The lowest BCUT2D eigenvalue weighted by atomic mass is 9.84. The van der Waals surface area contributed by atoms with Gasteiger partial charge in [0.05, 0.1) is 5.56 Å². The lowest BCUT2D eigenvalue weighted by Crippen LogP contribution is -2.39. The summed E-state index contributed by atoms with van der Waals surface area (Å²) in [4.78, 5) is 6.63. The van der Waals surface area contributed by atoms with Crippen molar-refractivity contribution in [1.82, 2.24) is 9.36 Å². The van der Waals surface area contributed by atoms with Crippen molar-refractivity contribution in [3.63, 3.8) is 0 Å². The van der Waals surface area contributed by atoms with E-state index in [4.69, 9.17) is 5.73 Å². The summed E-state index contributed by atoms with van der Waals surface area (Å²) >= 11 is 1.50. The fourth-order valence-corrected chi connectivity index (χ4v) is 3.75. The highest BCUT2D eigenvalue weighted by atomic mass is 32.1. The van der Waals surface area contributed by atoms with Crippen LogP contribution in [0, 0.1) is 5.41 Å². The van der Waals surface area contributed by atoms with Crippen molar-refractivity contribution in [3.8, 4) is 11.1 Å². The first-order chi connectivity index (χ1) is 9.57. The molecular weight excluding hydrogens is 268 g/mol. The van der Waals surface area contributed by atoms with Crippen LogP contribution in [0.5, 0.6) is 0 Å². The third kappa shape index (κ3) is 2.50. The van der Waals surface area contributed by atoms with E-state index in [-0.39, 0.29) is 0 Å². The summed E-state index contributed by atoms with van der Waals surface area (Å²) < 4.78 is 4.37. The Morgan fingerprint density at radius 2 is 2.25 bits per heavy atom. The summed E-state index contributed by atoms with van der Waals surface area (Å²) in [5.74, 6) is 0.612. The number of rotatable bonds is 2. The molecule has 1 aliphatic heterocycles. The van der Waals surface area contributed by atoms with E-state index in [0.717, 1.165) is 24.2 Å². The van der Waals surface area contributed by atoms with Gasteiger partial charge >= 0.3 is 0 Å². The second kappa shape index (κ2) is 5.05. The number of nitrogens with two attached hydrogens (primary N) is 1. The van der Waals surface area contributed by atoms with E-state index in [1.165, 1.54) is 29.4 Å². The minimum Gasteiger partial charge on any atom is -0.382 e. The molecule has 3 rings (SSSR count). The highest BCUT2D eigenvalue weighted by molar-refractivity contribution is 7.11. The Morgan fingerprint density at radius 3 is 2.95 bits per heavy atom. The van der Waals surface area contributed by atoms with Gasteiger partial charge in [0.15, 0.2) is 0 Å². The van der Waals surface area contributed by atoms with Crippen LogP contribution in [0.1, 0.15) is 26.7 Å². The standard InChI is InChI=1S/C15H20N4S/c1-15(2)6-4-8-19(10-15)14-12(13(16)18-20-14)11-5-3-7-17-9-11/h3,5,7,9H,4,6,8,10H2,1-2H3,(H2,16,18). The topological polar surface area (TPSA) is 55.0 Å². The molecule has 0 aromatic carbocycles. The van der Waals surface area contributed by atoms with Crippen LogP contribution in [0.25, 0.3) is 11.1 Å². The number of aromatic nitrogens is 2. The van der Waals surface area contributed by atoms with Gasteiger partial charge in [-0.15, -0.1) is 0 Å². The number of nitrogens with zero attached hydrogens (tertiary/aromatic N) is 3. The number of anilines is 2. The van der Waals surface area contributed by atoms with E-state index < -0.39 is 0 Å². The first kappa shape index (κ1) is 13.4. The van der Waals surface area contributed by atoms with Gasteiger partial charge in [-0.2, -0.15) is 4.37 Å². The summed E-state index contributed by atoms with van der Waals surface area (Å²) in [7, 11) is 0. The molecule has 1 fully saturated rings. The molecular formula is C15H20N4S. The molecule has 3 heterocycles. The van der Waals surface area contributed by atoms with Crippen molar-refractivity contribution >= 4 is 22.4 Å². The minimum atomic E-state index is 0.350. The second-order valence-electron chi connectivity index (χ2n) is 6.18. The van der Waals surface area contributed by atoms with E-state index in [0.29, 0.717) is 11.2 Å². The van der Waals surface area contributed by atoms with Crippen molar-refractivity contribution in [1.29, 1.82) is 0 Å². The maximum absolute atomic E-state index is 6.09. The lowest BCUT2D eigenvalue weighted by Gasteiger charge is -2.38. The molecule has 4 nitrogen and oxygen atoms in total.